The van der Waals surface area contributed by atoms with Gasteiger partial charge in [0.25, 0.3) is 0 Å². The minimum absolute atomic E-state index is 0.128. The summed E-state index contributed by atoms with van der Waals surface area (Å²) in [5.41, 5.74) is -1.06. The third-order valence-corrected chi connectivity index (χ3v) is 3.51. The van der Waals surface area contributed by atoms with Crippen molar-refractivity contribution < 1.29 is 23.8 Å². The Morgan fingerprint density at radius 3 is 2.85 bits per heavy atom. The Labute approximate surface area is 118 Å². The lowest BCUT2D eigenvalue weighted by Gasteiger charge is -2.24. The van der Waals surface area contributed by atoms with Crippen LogP contribution in [0.3, 0.4) is 0 Å². The molecule has 1 aliphatic heterocycles. The second-order valence-corrected chi connectivity index (χ2v) is 5.53. The molecule has 1 aliphatic carbocycles. The number of hydrogen-bond acceptors (Lipinski definition) is 5. The molecular formula is C15H20O5. The van der Waals surface area contributed by atoms with E-state index in [4.69, 9.17) is 9.47 Å². The third-order valence-electron chi connectivity index (χ3n) is 3.51. The van der Waals surface area contributed by atoms with Gasteiger partial charge < -0.3 is 14.2 Å². The van der Waals surface area contributed by atoms with Crippen LogP contribution in [0.4, 0.5) is 0 Å². The van der Waals surface area contributed by atoms with Crippen LogP contribution in [0, 0.1) is 5.92 Å². The summed E-state index contributed by atoms with van der Waals surface area (Å²) in [4.78, 5) is 23.5. The molecule has 0 radical (unpaired) electrons. The van der Waals surface area contributed by atoms with Crippen molar-refractivity contribution in [3.63, 3.8) is 0 Å². The van der Waals surface area contributed by atoms with E-state index in [1.807, 2.05) is 0 Å². The third kappa shape index (κ3) is 2.86. The first-order valence-electron chi connectivity index (χ1n) is 6.81. The molecule has 1 unspecified atom stereocenters. The minimum atomic E-state index is -0.932. The summed E-state index contributed by atoms with van der Waals surface area (Å²) in [5, 5.41) is 0. The SMILES string of the molecule is COC(=O)C1=C(OCC2C=CCCC2)C(C)(C)OC1=O. The van der Waals surface area contributed by atoms with Crippen molar-refractivity contribution in [2.75, 3.05) is 13.7 Å². The summed E-state index contributed by atoms with van der Waals surface area (Å²) >= 11 is 0. The number of rotatable bonds is 4. The van der Waals surface area contributed by atoms with Gasteiger partial charge in [-0.1, -0.05) is 12.2 Å². The van der Waals surface area contributed by atoms with Crippen LogP contribution in [0.2, 0.25) is 0 Å². The van der Waals surface area contributed by atoms with Crippen LogP contribution >= 0.6 is 0 Å². The van der Waals surface area contributed by atoms with Crippen LogP contribution in [0.5, 0.6) is 0 Å². The van der Waals surface area contributed by atoms with Gasteiger partial charge in [-0.3, -0.25) is 0 Å². The van der Waals surface area contributed by atoms with Crippen molar-refractivity contribution >= 4 is 11.9 Å². The summed E-state index contributed by atoms with van der Waals surface area (Å²) in [5.74, 6) is -0.819. The zero-order valence-electron chi connectivity index (χ0n) is 12.1. The van der Waals surface area contributed by atoms with E-state index < -0.39 is 17.5 Å². The molecule has 0 aromatic carbocycles. The maximum absolute atomic E-state index is 11.8. The molecule has 1 heterocycles. The molecule has 0 aromatic rings. The highest BCUT2D eigenvalue weighted by Crippen LogP contribution is 2.34. The molecule has 0 amide bonds. The van der Waals surface area contributed by atoms with Crippen molar-refractivity contribution in [2.45, 2.75) is 38.7 Å². The van der Waals surface area contributed by atoms with Gasteiger partial charge in [0.1, 0.15) is 0 Å². The first kappa shape index (κ1) is 14.6. The van der Waals surface area contributed by atoms with Gasteiger partial charge in [0, 0.05) is 5.92 Å². The lowest BCUT2D eigenvalue weighted by Crippen LogP contribution is -2.26. The fraction of sp³-hybridized carbons (Fsp3) is 0.600. The van der Waals surface area contributed by atoms with Crippen molar-refractivity contribution in [3.8, 4) is 0 Å². The Balaban J connectivity index is 2.17. The number of carbonyl (C=O) groups is 2. The highest BCUT2D eigenvalue weighted by atomic mass is 16.6. The average Bonchev–Trinajstić information content (AvgIpc) is 2.65. The second kappa shape index (κ2) is 5.69. The van der Waals surface area contributed by atoms with E-state index in [1.54, 1.807) is 13.8 Å². The van der Waals surface area contributed by atoms with Gasteiger partial charge in [-0.05, 0) is 33.1 Å². The second-order valence-electron chi connectivity index (χ2n) is 5.53. The molecule has 20 heavy (non-hydrogen) atoms. The maximum atomic E-state index is 11.8. The number of ether oxygens (including phenoxy) is 3. The molecule has 2 aliphatic rings. The van der Waals surface area contributed by atoms with E-state index >= 15 is 0 Å². The van der Waals surface area contributed by atoms with Gasteiger partial charge in [0.2, 0.25) is 0 Å². The normalized spacial score (nSPS) is 24.6. The smallest absolute Gasteiger partial charge is 0.350 e. The summed E-state index contributed by atoms with van der Waals surface area (Å²) in [6.07, 6.45) is 7.53. The summed E-state index contributed by atoms with van der Waals surface area (Å²) in [6.45, 7) is 3.84. The predicted molar refractivity (Wildman–Crippen MR) is 71.6 cm³/mol. The zero-order chi connectivity index (χ0) is 14.8. The van der Waals surface area contributed by atoms with Crippen molar-refractivity contribution in [1.29, 1.82) is 0 Å². The molecule has 5 nitrogen and oxygen atoms in total. The molecule has 0 fully saturated rings. The molecule has 110 valence electrons. The Morgan fingerprint density at radius 1 is 1.50 bits per heavy atom. The maximum Gasteiger partial charge on any atom is 0.350 e. The molecule has 0 spiro atoms. The van der Waals surface area contributed by atoms with Gasteiger partial charge >= 0.3 is 11.9 Å². The summed E-state index contributed by atoms with van der Waals surface area (Å²) < 4.78 is 15.6. The molecule has 0 N–H and O–H groups in total. The lowest BCUT2D eigenvalue weighted by molar-refractivity contribution is -0.148. The number of cyclic esters (lactones) is 1. The van der Waals surface area contributed by atoms with Gasteiger partial charge in [-0.25, -0.2) is 9.59 Å². The van der Waals surface area contributed by atoms with Gasteiger partial charge in [0.05, 0.1) is 13.7 Å². The van der Waals surface area contributed by atoms with E-state index in [1.165, 1.54) is 7.11 Å². The quantitative estimate of drug-likeness (QED) is 0.448. The zero-order valence-corrected chi connectivity index (χ0v) is 12.1. The fourth-order valence-corrected chi connectivity index (χ4v) is 2.46. The number of allylic oxidation sites excluding steroid dienone is 1. The van der Waals surface area contributed by atoms with E-state index in [0.29, 0.717) is 12.5 Å². The largest absolute Gasteiger partial charge is 0.492 e. The average molecular weight is 280 g/mol. The van der Waals surface area contributed by atoms with Crippen LogP contribution in [0.15, 0.2) is 23.5 Å². The number of hydrogen-bond donors (Lipinski definition) is 0. The Morgan fingerprint density at radius 2 is 2.25 bits per heavy atom. The standard InChI is InChI=1S/C15H20O5/c1-15(2)12(11(13(16)18-3)14(17)20-15)19-9-10-7-5-4-6-8-10/h5,7,10H,4,6,8-9H2,1-3H3. The van der Waals surface area contributed by atoms with E-state index in [0.717, 1.165) is 19.3 Å². The highest BCUT2D eigenvalue weighted by molar-refractivity contribution is 6.16. The Bertz CT molecular complexity index is 473. The first-order valence-corrected chi connectivity index (χ1v) is 6.81. The Kier molecular flexibility index (Phi) is 4.16. The molecule has 5 heteroatoms. The molecule has 0 bridgehead atoms. The van der Waals surface area contributed by atoms with Crippen molar-refractivity contribution in [3.05, 3.63) is 23.5 Å². The Hall–Kier alpha value is -1.78. The van der Waals surface area contributed by atoms with Crippen LogP contribution in [0.25, 0.3) is 0 Å². The summed E-state index contributed by atoms with van der Waals surface area (Å²) in [7, 11) is 1.23. The van der Waals surface area contributed by atoms with E-state index in [9.17, 15) is 9.59 Å². The number of methoxy groups -OCH3 is 1. The minimum Gasteiger partial charge on any atom is -0.492 e. The van der Waals surface area contributed by atoms with E-state index in [-0.39, 0.29) is 11.3 Å². The molecular weight excluding hydrogens is 260 g/mol. The molecule has 0 aromatic heterocycles. The van der Waals surface area contributed by atoms with Crippen LogP contribution in [-0.2, 0) is 23.8 Å². The van der Waals surface area contributed by atoms with Crippen LogP contribution in [0.1, 0.15) is 33.1 Å². The molecule has 0 saturated carbocycles. The lowest BCUT2D eigenvalue weighted by atomic mass is 9.96. The fourth-order valence-electron chi connectivity index (χ4n) is 2.46. The van der Waals surface area contributed by atoms with Crippen LogP contribution < -0.4 is 0 Å². The number of carbonyl (C=O) groups excluding carboxylic acids is 2. The van der Waals surface area contributed by atoms with Crippen molar-refractivity contribution in [1.82, 2.24) is 0 Å². The summed E-state index contributed by atoms with van der Waals surface area (Å²) in [6, 6.07) is 0. The molecule has 2 rings (SSSR count). The topological polar surface area (TPSA) is 61.8 Å². The predicted octanol–water partition coefficient (Wildman–Crippen LogP) is 2.12. The number of esters is 2. The van der Waals surface area contributed by atoms with Gasteiger partial charge in [0.15, 0.2) is 16.9 Å². The molecule has 1 atom stereocenters. The van der Waals surface area contributed by atoms with Crippen molar-refractivity contribution in [2.24, 2.45) is 5.92 Å². The monoisotopic (exact) mass is 280 g/mol. The van der Waals surface area contributed by atoms with Gasteiger partial charge in [-0.2, -0.15) is 0 Å². The van der Waals surface area contributed by atoms with Crippen LogP contribution in [-0.4, -0.2) is 31.3 Å². The van der Waals surface area contributed by atoms with Gasteiger partial charge in [-0.15, -0.1) is 0 Å². The molecule has 0 saturated heterocycles. The highest BCUT2D eigenvalue weighted by Gasteiger charge is 2.46. The van der Waals surface area contributed by atoms with E-state index in [2.05, 4.69) is 16.9 Å². The first-order chi connectivity index (χ1) is 9.45.